The minimum absolute atomic E-state index is 0. The Balaban J connectivity index is 0.00000312. The van der Waals surface area contributed by atoms with Crippen LogP contribution in [-0.2, 0) is 0 Å². The molecule has 25 heavy (non-hydrogen) atoms. The highest BCUT2D eigenvalue weighted by Crippen LogP contribution is 2.16. The Bertz CT molecular complexity index is 609. The SMILES string of the molecule is CCCCOc1ccc(C(=O)NCCCSc2ccncc2)cc1.Cl. The third-order valence-corrected chi connectivity index (χ3v) is 4.51. The quantitative estimate of drug-likeness (QED) is 0.483. The summed E-state index contributed by atoms with van der Waals surface area (Å²) < 4.78 is 5.60. The highest BCUT2D eigenvalue weighted by molar-refractivity contribution is 7.99. The van der Waals surface area contributed by atoms with E-state index in [1.54, 1.807) is 24.2 Å². The summed E-state index contributed by atoms with van der Waals surface area (Å²) in [6, 6.07) is 11.3. The van der Waals surface area contributed by atoms with E-state index in [0.29, 0.717) is 12.1 Å². The first-order valence-corrected chi connectivity index (χ1v) is 9.32. The van der Waals surface area contributed by atoms with Gasteiger partial charge in [0, 0.05) is 29.4 Å². The molecule has 0 fully saturated rings. The lowest BCUT2D eigenvalue weighted by Crippen LogP contribution is -2.24. The summed E-state index contributed by atoms with van der Waals surface area (Å²) in [6.45, 7) is 3.52. The first kappa shape index (κ1) is 21.3. The number of hydrogen-bond donors (Lipinski definition) is 1. The molecule has 0 aliphatic rings. The van der Waals surface area contributed by atoms with Crippen LogP contribution < -0.4 is 10.1 Å². The van der Waals surface area contributed by atoms with Crippen molar-refractivity contribution < 1.29 is 9.53 Å². The maximum Gasteiger partial charge on any atom is 0.251 e. The molecule has 0 unspecified atom stereocenters. The second-order valence-corrected chi connectivity index (χ2v) is 6.54. The van der Waals surface area contributed by atoms with Gasteiger partial charge in [-0.05, 0) is 55.0 Å². The van der Waals surface area contributed by atoms with Crippen LogP contribution in [0.1, 0.15) is 36.5 Å². The highest BCUT2D eigenvalue weighted by atomic mass is 35.5. The summed E-state index contributed by atoms with van der Waals surface area (Å²) in [5.74, 6) is 1.74. The van der Waals surface area contributed by atoms with Crippen LogP contribution in [0.5, 0.6) is 5.75 Å². The number of thioether (sulfide) groups is 1. The lowest BCUT2D eigenvalue weighted by Gasteiger charge is -2.07. The van der Waals surface area contributed by atoms with Crippen molar-refractivity contribution in [2.75, 3.05) is 18.9 Å². The molecule has 0 bridgehead atoms. The lowest BCUT2D eigenvalue weighted by atomic mass is 10.2. The minimum atomic E-state index is -0.0379. The molecule has 0 atom stereocenters. The predicted molar refractivity (Wildman–Crippen MR) is 106 cm³/mol. The molecule has 0 saturated carbocycles. The number of nitrogens with one attached hydrogen (secondary N) is 1. The van der Waals surface area contributed by atoms with Gasteiger partial charge < -0.3 is 10.1 Å². The molecule has 1 aromatic heterocycles. The summed E-state index contributed by atoms with van der Waals surface area (Å²) in [4.78, 5) is 17.3. The maximum atomic E-state index is 12.1. The number of unbranched alkanes of at least 4 members (excludes halogenated alkanes) is 1. The van der Waals surface area contributed by atoms with Gasteiger partial charge in [-0.3, -0.25) is 9.78 Å². The van der Waals surface area contributed by atoms with Gasteiger partial charge in [0.25, 0.3) is 5.91 Å². The molecule has 2 rings (SSSR count). The molecule has 1 heterocycles. The van der Waals surface area contributed by atoms with Crippen molar-refractivity contribution in [1.82, 2.24) is 10.3 Å². The number of carbonyl (C=O) groups is 1. The van der Waals surface area contributed by atoms with Gasteiger partial charge in [-0.1, -0.05) is 13.3 Å². The predicted octanol–water partition coefficient (Wildman–Crippen LogP) is 4.59. The molecular weight excluding hydrogens is 356 g/mol. The molecule has 1 N–H and O–H groups in total. The maximum absolute atomic E-state index is 12.1. The Morgan fingerprint density at radius 2 is 1.84 bits per heavy atom. The zero-order valence-electron chi connectivity index (χ0n) is 14.4. The molecule has 0 aliphatic carbocycles. The molecule has 6 heteroatoms. The molecule has 1 amide bonds. The molecule has 2 aromatic rings. The van der Waals surface area contributed by atoms with Gasteiger partial charge in [0.15, 0.2) is 0 Å². The van der Waals surface area contributed by atoms with Crippen LogP contribution in [0.2, 0.25) is 0 Å². The van der Waals surface area contributed by atoms with E-state index in [1.807, 2.05) is 36.4 Å². The minimum Gasteiger partial charge on any atom is -0.494 e. The van der Waals surface area contributed by atoms with E-state index >= 15 is 0 Å². The largest absolute Gasteiger partial charge is 0.494 e. The standard InChI is InChI=1S/C19H24N2O2S.ClH/c1-2-3-14-23-17-7-5-16(6-8-17)19(22)21-11-4-15-24-18-9-12-20-13-10-18;/h5-10,12-13H,2-4,11,14-15H2,1H3,(H,21,22);1H. The monoisotopic (exact) mass is 380 g/mol. The number of rotatable bonds is 10. The third-order valence-electron chi connectivity index (χ3n) is 3.41. The Hall–Kier alpha value is -1.72. The van der Waals surface area contributed by atoms with Crippen LogP contribution in [0.15, 0.2) is 53.7 Å². The second kappa shape index (κ2) is 12.6. The fourth-order valence-electron chi connectivity index (χ4n) is 2.04. The van der Waals surface area contributed by atoms with E-state index < -0.39 is 0 Å². The average Bonchev–Trinajstić information content (AvgIpc) is 2.63. The van der Waals surface area contributed by atoms with E-state index in [4.69, 9.17) is 4.74 Å². The lowest BCUT2D eigenvalue weighted by molar-refractivity contribution is 0.0954. The highest BCUT2D eigenvalue weighted by Gasteiger charge is 2.05. The van der Waals surface area contributed by atoms with Gasteiger partial charge in [0.2, 0.25) is 0 Å². The molecule has 1 aromatic carbocycles. The summed E-state index contributed by atoms with van der Waals surface area (Å²) in [5.41, 5.74) is 0.666. The fraction of sp³-hybridized carbons (Fsp3) is 0.368. The Kier molecular flexibility index (Phi) is 10.8. The van der Waals surface area contributed by atoms with Crippen molar-refractivity contribution in [1.29, 1.82) is 0 Å². The molecule has 0 spiro atoms. The second-order valence-electron chi connectivity index (χ2n) is 5.37. The van der Waals surface area contributed by atoms with Crippen molar-refractivity contribution >= 4 is 30.1 Å². The first-order chi connectivity index (χ1) is 11.8. The third kappa shape index (κ3) is 8.27. The van der Waals surface area contributed by atoms with Crippen LogP contribution in [0.4, 0.5) is 0 Å². The van der Waals surface area contributed by atoms with Crippen LogP contribution >= 0.6 is 24.2 Å². The normalized spacial score (nSPS) is 9.96. The Labute approximate surface area is 160 Å². The molecule has 0 saturated heterocycles. The molecule has 0 aliphatic heterocycles. The Morgan fingerprint density at radius 1 is 1.12 bits per heavy atom. The summed E-state index contributed by atoms with van der Waals surface area (Å²) in [5, 5.41) is 2.95. The smallest absolute Gasteiger partial charge is 0.251 e. The van der Waals surface area contributed by atoms with Crippen molar-refractivity contribution in [3.63, 3.8) is 0 Å². The van der Waals surface area contributed by atoms with Crippen molar-refractivity contribution in [3.05, 3.63) is 54.4 Å². The zero-order valence-corrected chi connectivity index (χ0v) is 16.1. The zero-order chi connectivity index (χ0) is 17.0. The van der Waals surface area contributed by atoms with Crippen molar-refractivity contribution in [2.24, 2.45) is 0 Å². The number of hydrogen-bond acceptors (Lipinski definition) is 4. The van der Waals surface area contributed by atoms with Gasteiger partial charge in [-0.15, -0.1) is 24.2 Å². The fourth-order valence-corrected chi connectivity index (χ4v) is 2.88. The number of aromatic nitrogens is 1. The van der Waals surface area contributed by atoms with Crippen LogP contribution in [0, 0.1) is 0 Å². The molecule has 136 valence electrons. The van der Waals surface area contributed by atoms with E-state index in [0.717, 1.165) is 37.4 Å². The van der Waals surface area contributed by atoms with Crippen molar-refractivity contribution in [2.45, 2.75) is 31.1 Å². The summed E-state index contributed by atoms with van der Waals surface area (Å²) in [7, 11) is 0. The van der Waals surface area contributed by atoms with Gasteiger partial charge in [-0.25, -0.2) is 0 Å². The number of amides is 1. The van der Waals surface area contributed by atoms with Crippen LogP contribution in [0.3, 0.4) is 0 Å². The van der Waals surface area contributed by atoms with Gasteiger partial charge in [-0.2, -0.15) is 0 Å². The topological polar surface area (TPSA) is 51.2 Å². The molecular formula is C19H25ClN2O2S. The Morgan fingerprint density at radius 3 is 2.52 bits per heavy atom. The summed E-state index contributed by atoms with van der Waals surface area (Å²) in [6.07, 6.45) is 6.66. The van der Waals surface area contributed by atoms with Gasteiger partial charge in [0.05, 0.1) is 6.61 Å². The van der Waals surface area contributed by atoms with E-state index in [9.17, 15) is 4.79 Å². The number of nitrogens with zero attached hydrogens (tertiary/aromatic N) is 1. The first-order valence-electron chi connectivity index (χ1n) is 8.33. The molecule has 4 nitrogen and oxygen atoms in total. The van der Waals surface area contributed by atoms with Crippen molar-refractivity contribution in [3.8, 4) is 5.75 Å². The molecule has 0 radical (unpaired) electrons. The van der Waals surface area contributed by atoms with Gasteiger partial charge >= 0.3 is 0 Å². The average molecular weight is 381 g/mol. The summed E-state index contributed by atoms with van der Waals surface area (Å²) >= 11 is 1.77. The van der Waals surface area contributed by atoms with Crippen LogP contribution in [-0.4, -0.2) is 29.8 Å². The van der Waals surface area contributed by atoms with E-state index in [2.05, 4.69) is 17.2 Å². The van der Waals surface area contributed by atoms with E-state index in [1.165, 1.54) is 4.90 Å². The number of carbonyl (C=O) groups excluding carboxylic acids is 1. The number of halogens is 1. The van der Waals surface area contributed by atoms with Gasteiger partial charge in [0.1, 0.15) is 5.75 Å². The number of benzene rings is 1. The van der Waals surface area contributed by atoms with Crippen LogP contribution in [0.25, 0.3) is 0 Å². The number of pyridine rings is 1. The number of ether oxygens (including phenoxy) is 1. The van der Waals surface area contributed by atoms with E-state index in [-0.39, 0.29) is 18.3 Å².